The van der Waals surface area contributed by atoms with Crippen LogP contribution >= 0.6 is 0 Å². The van der Waals surface area contributed by atoms with E-state index in [2.05, 4.69) is 47.5 Å². The average molecular weight is 195 g/mol. The molecule has 0 radical (unpaired) electrons. The predicted octanol–water partition coefficient (Wildman–Crippen LogP) is 3.46. The van der Waals surface area contributed by atoms with Crippen molar-refractivity contribution in [1.82, 2.24) is 0 Å². The van der Waals surface area contributed by atoms with Crippen LogP contribution in [0.3, 0.4) is 0 Å². The fraction of sp³-hybridized carbons (Fsp3) is 0.214. The lowest BCUT2D eigenvalue weighted by Crippen LogP contribution is -2.09. The van der Waals surface area contributed by atoms with Gasteiger partial charge in [-0.1, -0.05) is 36.4 Å². The molecule has 0 saturated heterocycles. The summed E-state index contributed by atoms with van der Waals surface area (Å²) < 4.78 is 0. The Balaban J connectivity index is 1.94. The van der Waals surface area contributed by atoms with Gasteiger partial charge in [-0.15, -0.1) is 0 Å². The van der Waals surface area contributed by atoms with Crippen LogP contribution < -0.4 is 0 Å². The summed E-state index contributed by atoms with van der Waals surface area (Å²) in [6.07, 6.45) is 8.67. The van der Waals surface area contributed by atoms with Crippen LogP contribution in [0.2, 0.25) is 0 Å². The van der Waals surface area contributed by atoms with Crippen LogP contribution in [0.15, 0.2) is 59.2 Å². The maximum absolute atomic E-state index is 4.35. The fourth-order valence-electron chi connectivity index (χ4n) is 2.29. The van der Waals surface area contributed by atoms with Gasteiger partial charge in [0.2, 0.25) is 0 Å². The first-order chi connectivity index (χ1) is 7.43. The second-order valence-corrected chi connectivity index (χ2v) is 4.07. The Morgan fingerprint density at radius 2 is 2.00 bits per heavy atom. The highest BCUT2D eigenvalue weighted by molar-refractivity contribution is 6.05. The van der Waals surface area contributed by atoms with Crippen LogP contribution in [0.4, 0.5) is 0 Å². The molecule has 0 N–H and O–H groups in total. The first-order valence-corrected chi connectivity index (χ1v) is 5.44. The summed E-state index contributed by atoms with van der Waals surface area (Å²) in [5.74, 6) is 0.572. The standard InChI is InChI=1S/C14H13N/c1-2-4-11(5-3-1)12-6-7-14-13(10-12)8-9-15-14/h1-5,8-10,12H,6-7H2. The van der Waals surface area contributed by atoms with E-state index in [0.29, 0.717) is 5.92 Å². The third-order valence-electron chi connectivity index (χ3n) is 3.12. The van der Waals surface area contributed by atoms with Crippen molar-refractivity contribution in [3.05, 3.63) is 59.8 Å². The third-order valence-corrected chi connectivity index (χ3v) is 3.12. The highest BCUT2D eigenvalue weighted by Gasteiger charge is 2.19. The molecule has 1 nitrogen and oxygen atoms in total. The van der Waals surface area contributed by atoms with Crippen LogP contribution in [-0.4, -0.2) is 5.71 Å². The number of rotatable bonds is 1. The number of aliphatic imine (C=N–C) groups is 1. The highest BCUT2D eigenvalue weighted by atomic mass is 14.7. The Bertz CT molecular complexity index is 451. The van der Waals surface area contributed by atoms with Crippen molar-refractivity contribution in [3.63, 3.8) is 0 Å². The van der Waals surface area contributed by atoms with Gasteiger partial charge in [0.1, 0.15) is 0 Å². The minimum Gasteiger partial charge on any atom is -0.261 e. The van der Waals surface area contributed by atoms with E-state index >= 15 is 0 Å². The van der Waals surface area contributed by atoms with Gasteiger partial charge in [-0.3, -0.25) is 4.99 Å². The van der Waals surface area contributed by atoms with Gasteiger partial charge >= 0.3 is 0 Å². The first kappa shape index (κ1) is 8.66. The van der Waals surface area contributed by atoms with Gasteiger partial charge in [0.05, 0.1) is 0 Å². The summed E-state index contributed by atoms with van der Waals surface area (Å²) in [6, 6.07) is 10.7. The lowest BCUT2D eigenvalue weighted by molar-refractivity contribution is 0.751. The van der Waals surface area contributed by atoms with Gasteiger partial charge in [0.15, 0.2) is 0 Å². The summed E-state index contributed by atoms with van der Waals surface area (Å²) in [4.78, 5) is 4.35. The van der Waals surface area contributed by atoms with Crippen LogP contribution in [0.1, 0.15) is 24.3 Å². The number of fused-ring (bicyclic) bond motifs is 1. The van der Waals surface area contributed by atoms with Crippen LogP contribution in [0.5, 0.6) is 0 Å². The topological polar surface area (TPSA) is 12.4 Å². The molecule has 0 spiro atoms. The predicted molar refractivity (Wildman–Crippen MR) is 63.1 cm³/mol. The van der Waals surface area contributed by atoms with E-state index in [9.17, 15) is 0 Å². The minimum atomic E-state index is 0.572. The lowest BCUT2D eigenvalue weighted by Gasteiger charge is -2.19. The van der Waals surface area contributed by atoms with Crippen LogP contribution in [-0.2, 0) is 0 Å². The maximum Gasteiger partial charge on any atom is 0.0473 e. The quantitative estimate of drug-likeness (QED) is 0.650. The molecule has 1 heterocycles. The Hall–Kier alpha value is -1.63. The molecule has 1 atom stereocenters. The smallest absolute Gasteiger partial charge is 0.0473 e. The molecule has 2 aliphatic rings. The van der Waals surface area contributed by atoms with Gasteiger partial charge in [-0.2, -0.15) is 0 Å². The molecular formula is C14H13N. The van der Waals surface area contributed by atoms with E-state index in [1.165, 1.54) is 23.3 Å². The van der Waals surface area contributed by atoms with Crippen molar-refractivity contribution < 1.29 is 0 Å². The molecule has 0 aromatic heterocycles. The third kappa shape index (κ3) is 1.54. The highest BCUT2D eigenvalue weighted by Crippen LogP contribution is 2.31. The number of benzene rings is 1. The van der Waals surface area contributed by atoms with Crippen LogP contribution in [0, 0.1) is 0 Å². The molecule has 1 heteroatoms. The van der Waals surface area contributed by atoms with Crippen molar-refractivity contribution in [1.29, 1.82) is 0 Å². The SMILES string of the molecule is C1=CC2=CC(c3ccccc3)CCC2=N1. The van der Waals surface area contributed by atoms with Crippen molar-refractivity contribution in [2.75, 3.05) is 0 Å². The van der Waals surface area contributed by atoms with E-state index in [0.717, 1.165) is 6.42 Å². The number of hydrogen-bond donors (Lipinski definition) is 0. The average Bonchev–Trinajstić information content (AvgIpc) is 2.77. The summed E-state index contributed by atoms with van der Waals surface area (Å²) in [6.45, 7) is 0. The summed E-state index contributed by atoms with van der Waals surface area (Å²) in [5, 5.41) is 0. The van der Waals surface area contributed by atoms with Crippen molar-refractivity contribution in [3.8, 4) is 0 Å². The molecule has 1 aliphatic heterocycles. The minimum absolute atomic E-state index is 0.572. The molecule has 1 aromatic carbocycles. The lowest BCUT2D eigenvalue weighted by atomic mass is 9.85. The van der Waals surface area contributed by atoms with Crippen molar-refractivity contribution in [2.45, 2.75) is 18.8 Å². The number of hydrogen-bond acceptors (Lipinski definition) is 1. The molecule has 0 fully saturated rings. The molecule has 1 aromatic rings. The molecule has 0 amide bonds. The fourth-order valence-corrected chi connectivity index (χ4v) is 2.29. The summed E-state index contributed by atoms with van der Waals surface area (Å²) in [7, 11) is 0. The Kier molecular flexibility index (Phi) is 2.02. The van der Waals surface area contributed by atoms with E-state index < -0.39 is 0 Å². The van der Waals surface area contributed by atoms with Crippen molar-refractivity contribution in [2.24, 2.45) is 4.99 Å². The van der Waals surface area contributed by atoms with Crippen molar-refractivity contribution >= 4 is 5.71 Å². The molecular weight excluding hydrogens is 182 g/mol. The normalized spacial score (nSPS) is 23.3. The monoisotopic (exact) mass is 195 g/mol. The van der Waals surface area contributed by atoms with E-state index in [4.69, 9.17) is 0 Å². The van der Waals surface area contributed by atoms with Gasteiger partial charge in [0.25, 0.3) is 0 Å². The zero-order valence-corrected chi connectivity index (χ0v) is 8.56. The van der Waals surface area contributed by atoms with Gasteiger partial charge < -0.3 is 0 Å². The van der Waals surface area contributed by atoms with E-state index in [-0.39, 0.29) is 0 Å². The van der Waals surface area contributed by atoms with Gasteiger partial charge in [-0.05, 0) is 30.1 Å². The largest absolute Gasteiger partial charge is 0.261 e. The zero-order chi connectivity index (χ0) is 10.1. The zero-order valence-electron chi connectivity index (χ0n) is 8.56. The molecule has 1 unspecified atom stereocenters. The number of nitrogens with zero attached hydrogens (tertiary/aromatic N) is 1. The summed E-state index contributed by atoms with van der Waals surface area (Å²) in [5.41, 5.74) is 4.02. The molecule has 15 heavy (non-hydrogen) atoms. The Morgan fingerprint density at radius 3 is 2.87 bits per heavy atom. The molecule has 74 valence electrons. The van der Waals surface area contributed by atoms with Gasteiger partial charge in [0, 0.05) is 17.8 Å². The molecule has 3 rings (SSSR count). The van der Waals surface area contributed by atoms with Gasteiger partial charge in [-0.25, -0.2) is 0 Å². The van der Waals surface area contributed by atoms with E-state index in [1.807, 2.05) is 6.20 Å². The van der Waals surface area contributed by atoms with Crippen LogP contribution in [0.25, 0.3) is 0 Å². The Morgan fingerprint density at radius 1 is 1.13 bits per heavy atom. The molecule has 0 saturated carbocycles. The first-order valence-electron chi connectivity index (χ1n) is 5.44. The second-order valence-electron chi connectivity index (χ2n) is 4.07. The maximum atomic E-state index is 4.35. The second kappa shape index (κ2) is 3.50. The Labute approximate surface area is 89.9 Å². The number of allylic oxidation sites excluding steroid dienone is 3. The molecule has 0 bridgehead atoms. The molecule has 1 aliphatic carbocycles. The van der Waals surface area contributed by atoms with E-state index in [1.54, 1.807) is 0 Å². The summed E-state index contributed by atoms with van der Waals surface area (Å²) >= 11 is 0.